The molecule has 1 aromatic carbocycles. The summed E-state index contributed by atoms with van der Waals surface area (Å²) in [5.41, 5.74) is -0.0392. The normalized spacial score (nSPS) is 11.1. The second kappa shape index (κ2) is 8.85. The Morgan fingerprint density at radius 3 is 2.77 bits per heavy atom. The standard InChI is InChI=1S/C14H12F3N3O4S2/c1-2-23-10(21)7-25-13-20-19-12(26-13)18-11(22)8-4-3-5-9(6-8)24-14(15,16)17/h3-6H,2,7H2,1H3,(H,18,19,22). The first-order valence-corrected chi connectivity index (χ1v) is 8.86. The zero-order valence-electron chi connectivity index (χ0n) is 13.2. The first-order valence-electron chi connectivity index (χ1n) is 7.06. The van der Waals surface area contributed by atoms with Crippen LogP contribution >= 0.6 is 23.1 Å². The van der Waals surface area contributed by atoms with E-state index in [0.717, 1.165) is 35.2 Å². The number of carbonyl (C=O) groups excluding carboxylic acids is 2. The van der Waals surface area contributed by atoms with E-state index in [4.69, 9.17) is 4.74 Å². The maximum atomic E-state index is 12.2. The molecule has 1 heterocycles. The fraction of sp³-hybridized carbons (Fsp3) is 0.286. The van der Waals surface area contributed by atoms with E-state index in [0.29, 0.717) is 4.34 Å². The van der Waals surface area contributed by atoms with Crippen molar-refractivity contribution in [3.63, 3.8) is 0 Å². The molecule has 0 aliphatic heterocycles. The molecule has 0 radical (unpaired) electrons. The van der Waals surface area contributed by atoms with Crippen molar-refractivity contribution in [1.29, 1.82) is 0 Å². The van der Waals surface area contributed by atoms with Crippen LogP contribution in [0.5, 0.6) is 5.75 Å². The summed E-state index contributed by atoms with van der Waals surface area (Å²) in [5, 5.41) is 10.1. The van der Waals surface area contributed by atoms with Crippen molar-refractivity contribution < 1.29 is 32.2 Å². The molecular formula is C14H12F3N3O4S2. The molecule has 0 aliphatic rings. The number of esters is 1. The third-order valence-electron chi connectivity index (χ3n) is 2.58. The van der Waals surface area contributed by atoms with Crippen molar-refractivity contribution >= 4 is 40.1 Å². The van der Waals surface area contributed by atoms with E-state index in [1.165, 1.54) is 12.1 Å². The first-order chi connectivity index (χ1) is 12.3. The van der Waals surface area contributed by atoms with Crippen LogP contribution in [0.3, 0.4) is 0 Å². The van der Waals surface area contributed by atoms with Gasteiger partial charge in [0.15, 0.2) is 4.34 Å². The molecular weight excluding hydrogens is 395 g/mol. The number of nitrogens with zero attached hydrogens (tertiary/aromatic N) is 2. The Balaban J connectivity index is 1.96. The maximum Gasteiger partial charge on any atom is 0.573 e. The van der Waals surface area contributed by atoms with Crippen molar-refractivity contribution in [2.24, 2.45) is 0 Å². The van der Waals surface area contributed by atoms with Gasteiger partial charge in [-0.3, -0.25) is 14.9 Å². The SMILES string of the molecule is CCOC(=O)CSc1nnc(NC(=O)c2cccc(OC(F)(F)F)c2)s1. The number of halogens is 3. The number of anilines is 1. The summed E-state index contributed by atoms with van der Waals surface area (Å²) in [6.45, 7) is 1.96. The van der Waals surface area contributed by atoms with E-state index in [9.17, 15) is 22.8 Å². The number of amides is 1. The molecule has 0 atom stereocenters. The number of aromatic nitrogens is 2. The molecule has 1 amide bonds. The van der Waals surface area contributed by atoms with Gasteiger partial charge in [0.05, 0.1) is 12.4 Å². The second-order valence-corrected chi connectivity index (χ2v) is 6.70. The highest BCUT2D eigenvalue weighted by Gasteiger charge is 2.31. The number of nitrogens with one attached hydrogen (secondary N) is 1. The third kappa shape index (κ3) is 6.52. The van der Waals surface area contributed by atoms with E-state index in [-0.39, 0.29) is 23.1 Å². The summed E-state index contributed by atoms with van der Waals surface area (Å²) in [5.74, 6) is -1.53. The maximum absolute atomic E-state index is 12.2. The number of hydrogen-bond donors (Lipinski definition) is 1. The number of alkyl halides is 3. The largest absolute Gasteiger partial charge is 0.573 e. The molecule has 2 aromatic rings. The number of benzene rings is 1. The fourth-order valence-electron chi connectivity index (χ4n) is 1.65. The number of hydrogen-bond acceptors (Lipinski definition) is 8. The van der Waals surface area contributed by atoms with Crippen LogP contribution in [-0.2, 0) is 9.53 Å². The molecule has 0 saturated heterocycles. The van der Waals surface area contributed by atoms with Crippen LogP contribution in [0, 0.1) is 0 Å². The van der Waals surface area contributed by atoms with E-state index in [1.807, 2.05) is 0 Å². The minimum atomic E-state index is -4.85. The van der Waals surface area contributed by atoms with Crippen molar-refractivity contribution in [2.45, 2.75) is 17.6 Å². The van der Waals surface area contributed by atoms with Gasteiger partial charge in [0.1, 0.15) is 5.75 Å². The zero-order chi connectivity index (χ0) is 19.2. The lowest BCUT2D eigenvalue weighted by atomic mass is 10.2. The third-order valence-corrected chi connectivity index (χ3v) is 4.52. The summed E-state index contributed by atoms with van der Waals surface area (Å²) in [4.78, 5) is 23.4. The van der Waals surface area contributed by atoms with Crippen LogP contribution in [0.4, 0.5) is 18.3 Å². The Bertz CT molecular complexity index is 783. The molecule has 26 heavy (non-hydrogen) atoms. The van der Waals surface area contributed by atoms with Crippen LogP contribution < -0.4 is 10.1 Å². The van der Waals surface area contributed by atoms with Crippen LogP contribution in [0.2, 0.25) is 0 Å². The molecule has 12 heteroatoms. The number of ether oxygens (including phenoxy) is 2. The second-order valence-electron chi connectivity index (χ2n) is 4.50. The molecule has 1 aromatic heterocycles. The molecule has 0 unspecified atom stereocenters. The molecule has 0 bridgehead atoms. The predicted octanol–water partition coefficient (Wildman–Crippen LogP) is 3.34. The van der Waals surface area contributed by atoms with Gasteiger partial charge < -0.3 is 9.47 Å². The molecule has 0 spiro atoms. The predicted molar refractivity (Wildman–Crippen MR) is 88.3 cm³/mol. The number of thioether (sulfide) groups is 1. The molecule has 0 aliphatic carbocycles. The van der Waals surface area contributed by atoms with E-state index in [2.05, 4.69) is 20.3 Å². The Morgan fingerprint density at radius 2 is 2.08 bits per heavy atom. The molecule has 0 saturated carbocycles. The van der Waals surface area contributed by atoms with Gasteiger partial charge in [0, 0.05) is 5.56 Å². The van der Waals surface area contributed by atoms with Crippen LogP contribution in [0.1, 0.15) is 17.3 Å². The fourth-order valence-corrected chi connectivity index (χ4v) is 3.19. The Hall–Kier alpha value is -2.34. The highest BCUT2D eigenvalue weighted by atomic mass is 32.2. The van der Waals surface area contributed by atoms with E-state index < -0.39 is 24.0 Å². The highest BCUT2D eigenvalue weighted by Crippen LogP contribution is 2.27. The highest BCUT2D eigenvalue weighted by molar-refractivity contribution is 8.01. The van der Waals surface area contributed by atoms with Gasteiger partial charge in [0.25, 0.3) is 5.91 Å². The Kier molecular flexibility index (Phi) is 6.80. The van der Waals surface area contributed by atoms with Gasteiger partial charge in [-0.15, -0.1) is 23.4 Å². The van der Waals surface area contributed by atoms with Gasteiger partial charge in [-0.2, -0.15) is 0 Å². The topological polar surface area (TPSA) is 90.4 Å². The molecule has 7 nitrogen and oxygen atoms in total. The lowest BCUT2D eigenvalue weighted by Gasteiger charge is -2.09. The monoisotopic (exact) mass is 407 g/mol. The van der Waals surface area contributed by atoms with Crippen molar-refractivity contribution in [3.8, 4) is 5.75 Å². The quantitative estimate of drug-likeness (QED) is 0.428. The zero-order valence-corrected chi connectivity index (χ0v) is 14.8. The average Bonchev–Trinajstić information content (AvgIpc) is 2.99. The minimum absolute atomic E-state index is 0.0392. The van der Waals surface area contributed by atoms with Gasteiger partial charge in [-0.1, -0.05) is 29.2 Å². The van der Waals surface area contributed by atoms with Crippen LogP contribution in [0.25, 0.3) is 0 Å². The summed E-state index contributed by atoms with van der Waals surface area (Å²) in [7, 11) is 0. The van der Waals surface area contributed by atoms with E-state index >= 15 is 0 Å². The van der Waals surface area contributed by atoms with Crippen molar-refractivity contribution in [3.05, 3.63) is 29.8 Å². The van der Waals surface area contributed by atoms with Gasteiger partial charge in [-0.25, -0.2) is 0 Å². The lowest BCUT2D eigenvalue weighted by Crippen LogP contribution is -2.18. The smallest absolute Gasteiger partial charge is 0.465 e. The molecule has 0 fully saturated rings. The van der Waals surface area contributed by atoms with Crippen molar-refractivity contribution in [1.82, 2.24) is 10.2 Å². The average molecular weight is 407 g/mol. The summed E-state index contributed by atoms with van der Waals surface area (Å²) >= 11 is 2.12. The van der Waals surface area contributed by atoms with Gasteiger partial charge in [-0.05, 0) is 25.1 Å². The minimum Gasteiger partial charge on any atom is -0.465 e. The van der Waals surface area contributed by atoms with E-state index in [1.54, 1.807) is 6.92 Å². The van der Waals surface area contributed by atoms with Crippen LogP contribution in [-0.4, -0.2) is 40.8 Å². The number of rotatable bonds is 7. The van der Waals surface area contributed by atoms with Gasteiger partial charge >= 0.3 is 12.3 Å². The molecule has 2 rings (SSSR count). The van der Waals surface area contributed by atoms with Crippen molar-refractivity contribution in [2.75, 3.05) is 17.7 Å². The molecule has 140 valence electrons. The summed E-state index contributed by atoms with van der Waals surface area (Å²) < 4.78 is 45.7. The van der Waals surface area contributed by atoms with Gasteiger partial charge in [0.2, 0.25) is 5.13 Å². The summed E-state index contributed by atoms with van der Waals surface area (Å²) in [6, 6.07) is 4.63. The Labute approximate surface area is 153 Å². The number of carbonyl (C=O) groups is 2. The molecule has 1 N–H and O–H groups in total. The Morgan fingerprint density at radius 1 is 1.31 bits per heavy atom. The lowest BCUT2D eigenvalue weighted by molar-refractivity contribution is -0.274. The summed E-state index contributed by atoms with van der Waals surface area (Å²) in [6.07, 6.45) is -4.85. The van der Waals surface area contributed by atoms with Crippen LogP contribution in [0.15, 0.2) is 28.6 Å². The first kappa shape index (κ1) is 20.0.